The number of carbonyl (C=O) groups is 2. The Kier molecular flexibility index (Phi) is 8.94. The number of nitrogens with one attached hydrogen (secondary N) is 2. The number of ether oxygens (including phenoxy) is 2. The van der Waals surface area contributed by atoms with Crippen LogP contribution in [0.4, 0.5) is 16.2 Å². The normalized spacial score (nSPS) is 11.2. The van der Waals surface area contributed by atoms with Crippen LogP contribution in [0.3, 0.4) is 0 Å². The molecular formula is C24H31N3O4. The Bertz CT molecular complexity index is 869. The molecule has 2 aromatic carbocycles. The van der Waals surface area contributed by atoms with Gasteiger partial charge in [-0.2, -0.15) is 0 Å². The van der Waals surface area contributed by atoms with E-state index in [9.17, 15) is 9.59 Å². The summed E-state index contributed by atoms with van der Waals surface area (Å²) in [7, 11) is 0. The van der Waals surface area contributed by atoms with Crippen molar-refractivity contribution in [1.82, 2.24) is 5.32 Å². The minimum atomic E-state index is -0.496. The summed E-state index contributed by atoms with van der Waals surface area (Å²) in [6.07, 6.45) is 5.34. The van der Waals surface area contributed by atoms with E-state index in [1.54, 1.807) is 48.5 Å². The molecular weight excluding hydrogens is 394 g/mol. The SMILES string of the molecule is CC(C)(C)OC(=O)NCCCC/C=C/C(=O)Nc1ccc(Oc2ccc(N)cc2)cc1. The van der Waals surface area contributed by atoms with Gasteiger partial charge in [-0.05, 0) is 94.6 Å². The molecule has 0 aromatic heterocycles. The lowest BCUT2D eigenvalue weighted by atomic mass is 10.2. The van der Waals surface area contributed by atoms with Crippen LogP contribution in [-0.2, 0) is 9.53 Å². The van der Waals surface area contributed by atoms with Crippen LogP contribution < -0.4 is 21.1 Å². The van der Waals surface area contributed by atoms with Crippen LogP contribution in [0.1, 0.15) is 40.0 Å². The molecule has 0 fully saturated rings. The molecule has 4 N–H and O–H groups in total. The highest BCUT2D eigenvalue weighted by atomic mass is 16.6. The van der Waals surface area contributed by atoms with Crippen molar-refractivity contribution in [2.75, 3.05) is 17.6 Å². The van der Waals surface area contributed by atoms with Crippen molar-refractivity contribution in [3.63, 3.8) is 0 Å². The number of allylic oxidation sites excluding steroid dienone is 1. The van der Waals surface area contributed by atoms with E-state index in [1.165, 1.54) is 6.08 Å². The Hall–Kier alpha value is -3.48. The Morgan fingerprint density at radius 1 is 0.968 bits per heavy atom. The molecule has 0 aliphatic rings. The third-order valence-electron chi connectivity index (χ3n) is 3.97. The highest BCUT2D eigenvalue weighted by Crippen LogP contribution is 2.23. The fourth-order valence-electron chi connectivity index (χ4n) is 2.54. The van der Waals surface area contributed by atoms with E-state index in [-0.39, 0.29) is 5.91 Å². The van der Waals surface area contributed by atoms with Crippen molar-refractivity contribution in [3.8, 4) is 11.5 Å². The molecule has 7 nitrogen and oxygen atoms in total. The fraction of sp³-hybridized carbons (Fsp3) is 0.333. The molecule has 0 atom stereocenters. The summed E-state index contributed by atoms with van der Waals surface area (Å²) in [5.74, 6) is 1.16. The minimum absolute atomic E-state index is 0.195. The molecule has 2 aromatic rings. The quantitative estimate of drug-likeness (QED) is 0.289. The first-order valence-corrected chi connectivity index (χ1v) is 10.3. The van der Waals surface area contributed by atoms with Gasteiger partial charge in [-0.1, -0.05) is 6.08 Å². The zero-order chi connectivity index (χ0) is 22.7. The summed E-state index contributed by atoms with van der Waals surface area (Å²) in [4.78, 5) is 23.5. The van der Waals surface area contributed by atoms with Crippen molar-refractivity contribution < 1.29 is 19.1 Å². The fourth-order valence-corrected chi connectivity index (χ4v) is 2.54. The minimum Gasteiger partial charge on any atom is -0.457 e. The summed E-state index contributed by atoms with van der Waals surface area (Å²) in [5.41, 5.74) is 6.52. The molecule has 0 saturated carbocycles. The molecule has 2 amide bonds. The first-order chi connectivity index (χ1) is 14.7. The molecule has 0 aliphatic heterocycles. The van der Waals surface area contributed by atoms with Crippen molar-refractivity contribution in [2.45, 2.75) is 45.6 Å². The molecule has 7 heteroatoms. The average Bonchev–Trinajstić information content (AvgIpc) is 2.69. The van der Waals surface area contributed by atoms with Crippen LogP contribution in [0, 0.1) is 0 Å². The molecule has 0 bridgehead atoms. The lowest BCUT2D eigenvalue weighted by Gasteiger charge is -2.19. The molecule has 0 spiro atoms. The maximum atomic E-state index is 12.0. The number of unbranched alkanes of at least 4 members (excludes halogenated alkanes) is 2. The van der Waals surface area contributed by atoms with Crippen LogP contribution in [-0.4, -0.2) is 24.1 Å². The first-order valence-electron chi connectivity index (χ1n) is 10.3. The van der Waals surface area contributed by atoms with Gasteiger partial charge >= 0.3 is 6.09 Å². The second kappa shape index (κ2) is 11.6. The summed E-state index contributed by atoms with van der Waals surface area (Å²) in [6.45, 7) is 6.02. The first kappa shape index (κ1) is 23.8. The lowest BCUT2D eigenvalue weighted by molar-refractivity contribution is -0.111. The monoisotopic (exact) mass is 425 g/mol. The number of carbonyl (C=O) groups excluding carboxylic acids is 2. The van der Waals surface area contributed by atoms with Gasteiger partial charge in [0.25, 0.3) is 0 Å². The van der Waals surface area contributed by atoms with Crippen LogP contribution >= 0.6 is 0 Å². The van der Waals surface area contributed by atoms with E-state index in [0.717, 1.165) is 19.3 Å². The topological polar surface area (TPSA) is 103 Å². The zero-order valence-corrected chi connectivity index (χ0v) is 18.3. The van der Waals surface area contributed by atoms with Crippen LogP contribution in [0.25, 0.3) is 0 Å². The second-order valence-corrected chi connectivity index (χ2v) is 8.01. The Balaban J connectivity index is 1.63. The molecule has 2 rings (SSSR count). The van der Waals surface area contributed by atoms with Crippen LogP contribution in [0.5, 0.6) is 11.5 Å². The van der Waals surface area contributed by atoms with Gasteiger partial charge in [-0.15, -0.1) is 0 Å². The van der Waals surface area contributed by atoms with Gasteiger partial charge in [0.2, 0.25) is 5.91 Å². The zero-order valence-electron chi connectivity index (χ0n) is 18.3. The standard InChI is InChI=1S/C24H31N3O4/c1-24(2,3)31-23(29)26-17-7-5-4-6-8-22(28)27-19-11-15-21(16-12-19)30-20-13-9-18(25)10-14-20/h6,8-16H,4-5,7,17,25H2,1-3H3,(H,26,29)(H,27,28)/b8-6+. The van der Waals surface area contributed by atoms with Crippen molar-refractivity contribution in [2.24, 2.45) is 0 Å². The number of nitrogens with two attached hydrogens (primary N) is 1. The number of amides is 2. The summed E-state index contributed by atoms with van der Waals surface area (Å²) < 4.78 is 10.9. The molecule has 0 radical (unpaired) electrons. The van der Waals surface area contributed by atoms with E-state index >= 15 is 0 Å². The van der Waals surface area contributed by atoms with Gasteiger partial charge in [0.1, 0.15) is 17.1 Å². The highest BCUT2D eigenvalue weighted by Gasteiger charge is 2.15. The molecule has 0 heterocycles. The van der Waals surface area contributed by atoms with E-state index < -0.39 is 11.7 Å². The number of benzene rings is 2. The van der Waals surface area contributed by atoms with Crippen molar-refractivity contribution >= 4 is 23.4 Å². The van der Waals surface area contributed by atoms with E-state index in [2.05, 4.69) is 10.6 Å². The number of anilines is 2. The van der Waals surface area contributed by atoms with Gasteiger partial charge in [-0.25, -0.2) is 4.79 Å². The van der Waals surface area contributed by atoms with Gasteiger partial charge < -0.3 is 25.8 Å². The number of rotatable bonds is 9. The van der Waals surface area contributed by atoms with Gasteiger partial charge in [0.05, 0.1) is 0 Å². The van der Waals surface area contributed by atoms with Crippen LogP contribution in [0.15, 0.2) is 60.7 Å². The largest absolute Gasteiger partial charge is 0.457 e. The summed E-state index contributed by atoms with van der Waals surface area (Å²) in [5, 5.41) is 5.52. The Morgan fingerprint density at radius 3 is 2.19 bits per heavy atom. The van der Waals surface area contributed by atoms with E-state index in [1.807, 2.05) is 26.8 Å². The summed E-state index contributed by atoms with van der Waals surface area (Å²) >= 11 is 0. The number of nitrogen functional groups attached to an aromatic ring is 1. The van der Waals surface area contributed by atoms with Gasteiger partial charge in [0.15, 0.2) is 0 Å². The number of hydrogen-bond acceptors (Lipinski definition) is 5. The van der Waals surface area contributed by atoms with E-state index in [4.69, 9.17) is 15.2 Å². The van der Waals surface area contributed by atoms with Gasteiger partial charge in [-0.3, -0.25) is 4.79 Å². The third kappa shape index (κ3) is 10.2. The Morgan fingerprint density at radius 2 is 1.58 bits per heavy atom. The molecule has 0 aliphatic carbocycles. The second-order valence-electron chi connectivity index (χ2n) is 8.01. The maximum absolute atomic E-state index is 12.0. The number of alkyl carbamates (subject to hydrolysis) is 1. The van der Waals surface area contributed by atoms with E-state index in [0.29, 0.717) is 29.4 Å². The predicted molar refractivity (Wildman–Crippen MR) is 123 cm³/mol. The molecule has 0 saturated heterocycles. The molecule has 31 heavy (non-hydrogen) atoms. The van der Waals surface area contributed by atoms with Gasteiger partial charge in [0, 0.05) is 17.9 Å². The third-order valence-corrected chi connectivity index (χ3v) is 3.97. The van der Waals surface area contributed by atoms with Crippen molar-refractivity contribution in [1.29, 1.82) is 0 Å². The lowest BCUT2D eigenvalue weighted by Crippen LogP contribution is -2.32. The Labute approximate surface area is 183 Å². The smallest absolute Gasteiger partial charge is 0.407 e. The predicted octanol–water partition coefficient (Wildman–Crippen LogP) is 5.25. The summed E-state index contributed by atoms with van der Waals surface area (Å²) in [6, 6.07) is 14.3. The number of hydrogen-bond donors (Lipinski definition) is 3. The van der Waals surface area contributed by atoms with Crippen molar-refractivity contribution in [3.05, 3.63) is 60.7 Å². The maximum Gasteiger partial charge on any atom is 0.407 e. The highest BCUT2D eigenvalue weighted by molar-refractivity contribution is 5.99. The molecule has 166 valence electrons. The van der Waals surface area contributed by atoms with Crippen LogP contribution in [0.2, 0.25) is 0 Å². The average molecular weight is 426 g/mol. The molecule has 0 unspecified atom stereocenters.